The lowest BCUT2D eigenvalue weighted by atomic mass is 10.1. The second kappa shape index (κ2) is 12.1. The van der Waals surface area contributed by atoms with Crippen molar-refractivity contribution in [3.05, 3.63) is 59.7 Å². The summed E-state index contributed by atoms with van der Waals surface area (Å²) in [6.45, 7) is 10.1. The predicted molar refractivity (Wildman–Crippen MR) is 136 cm³/mol. The Morgan fingerprint density at radius 1 is 1.00 bits per heavy atom. The first-order valence-corrected chi connectivity index (χ1v) is 10.3. The summed E-state index contributed by atoms with van der Waals surface area (Å²) in [5, 5.41) is 3.12. The smallest absolute Gasteiger partial charge is 0.193 e. The number of hydrogen-bond donors (Lipinski definition) is 2. The molecule has 0 aromatic heterocycles. The molecule has 3 rings (SSSR count). The summed E-state index contributed by atoms with van der Waals surface area (Å²) in [6, 6.07) is 16.4. The van der Waals surface area contributed by atoms with E-state index in [1.54, 1.807) is 0 Å². The first-order valence-electron chi connectivity index (χ1n) is 10.3. The molecule has 0 bridgehead atoms. The molecule has 3 N–H and O–H groups in total. The molecule has 6 nitrogen and oxygen atoms in total. The maximum absolute atomic E-state index is 6.03. The van der Waals surface area contributed by atoms with Crippen LogP contribution in [0.3, 0.4) is 0 Å². The molecular weight excluding hydrogens is 489 g/mol. The van der Waals surface area contributed by atoms with E-state index in [9.17, 15) is 0 Å². The van der Waals surface area contributed by atoms with E-state index < -0.39 is 0 Å². The zero-order chi connectivity index (χ0) is 20.6. The number of likely N-dealkylation sites (N-methyl/N-ethyl adjacent to an activating group) is 1. The summed E-state index contributed by atoms with van der Waals surface area (Å²) in [6.07, 6.45) is 0.161. The van der Waals surface area contributed by atoms with Crippen molar-refractivity contribution >= 4 is 35.6 Å². The fourth-order valence-corrected chi connectivity index (χ4v) is 3.27. The molecule has 0 atom stereocenters. The molecule has 0 amide bonds. The second-order valence-electron chi connectivity index (χ2n) is 7.91. The Kier molecular flexibility index (Phi) is 9.87. The molecule has 30 heavy (non-hydrogen) atoms. The molecule has 1 saturated heterocycles. The van der Waals surface area contributed by atoms with Gasteiger partial charge in [-0.1, -0.05) is 24.3 Å². The molecule has 1 aliphatic rings. The number of benzene rings is 2. The Balaban J connectivity index is 0.00000320. The van der Waals surface area contributed by atoms with E-state index >= 15 is 0 Å². The van der Waals surface area contributed by atoms with Crippen molar-refractivity contribution in [1.82, 2.24) is 9.80 Å². The van der Waals surface area contributed by atoms with E-state index in [1.165, 1.54) is 5.56 Å². The molecule has 0 unspecified atom stereocenters. The van der Waals surface area contributed by atoms with E-state index in [-0.39, 0.29) is 30.1 Å². The van der Waals surface area contributed by atoms with Gasteiger partial charge in [-0.25, -0.2) is 4.99 Å². The molecule has 2 aromatic rings. The predicted octanol–water partition coefficient (Wildman–Crippen LogP) is 3.77. The maximum atomic E-state index is 6.03. The van der Waals surface area contributed by atoms with E-state index in [4.69, 9.17) is 10.5 Å². The Morgan fingerprint density at radius 3 is 2.20 bits per heavy atom. The van der Waals surface area contributed by atoms with Crippen LogP contribution < -0.4 is 15.8 Å². The number of guanidine groups is 1. The first kappa shape index (κ1) is 24.4. The Hall–Kier alpha value is -1.84. The molecule has 164 valence electrons. The quantitative estimate of drug-likeness (QED) is 0.329. The number of aliphatic imine (C=N–C) groups is 1. The zero-order valence-corrected chi connectivity index (χ0v) is 20.5. The lowest BCUT2D eigenvalue weighted by molar-refractivity contribution is 0.148. The number of hydrogen-bond acceptors (Lipinski definition) is 4. The summed E-state index contributed by atoms with van der Waals surface area (Å²) in [4.78, 5) is 9.34. The fraction of sp³-hybridized carbons (Fsp3) is 0.435. The summed E-state index contributed by atoms with van der Waals surface area (Å²) in [5.74, 6) is 1.25. The standard InChI is InChI=1S/C23H33N5O.HI/c1-18(2)29-22-10-8-21(9-11-22)26-23(24)25-16-19-4-6-20(7-5-19)17-28-14-12-27(3)13-15-28;/h4-11,18H,12-17H2,1-3H3,(H3,24,25,26);1H. The van der Waals surface area contributed by atoms with Gasteiger partial charge in [0, 0.05) is 38.4 Å². The SMILES string of the molecule is CC(C)Oc1ccc(NC(N)=NCc2ccc(CN3CCN(C)CC3)cc2)cc1.I. The van der Waals surface area contributed by atoms with Crippen molar-refractivity contribution in [3.63, 3.8) is 0 Å². The van der Waals surface area contributed by atoms with Crippen molar-refractivity contribution in [2.75, 3.05) is 38.5 Å². The molecule has 7 heteroatoms. The van der Waals surface area contributed by atoms with Crippen molar-refractivity contribution in [1.29, 1.82) is 0 Å². The average molecular weight is 523 g/mol. The van der Waals surface area contributed by atoms with E-state index in [1.807, 2.05) is 38.1 Å². The number of rotatable bonds is 7. The largest absolute Gasteiger partial charge is 0.491 e. The highest BCUT2D eigenvalue weighted by atomic mass is 127. The Bertz CT molecular complexity index is 784. The van der Waals surface area contributed by atoms with Crippen molar-refractivity contribution < 1.29 is 4.74 Å². The third-order valence-electron chi connectivity index (χ3n) is 4.96. The topological polar surface area (TPSA) is 66.1 Å². The number of anilines is 1. The highest BCUT2D eigenvalue weighted by Crippen LogP contribution is 2.17. The lowest BCUT2D eigenvalue weighted by Gasteiger charge is -2.32. The van der Waals surface area contributed by atoms with Crippen LogP contribution >= 0.6 is 24.0 Å². The van der Waals surface area contributed by atoms with E-state index in [2.05, 4.69) is 51.4 Å². The van der Waals surface area contributed by atoms with Crippen molar-refractivity contribution in [2.24, 2.45) is 10.7 Å². The maximum Gasteiger partial charge on any atom is 0.193 e. The summed E-state index contributed by atoms with van der Waals surface area (Å²) in [5.41, 5.74) is 9.42. The van der Waals surface area contributed by atoms with E-state index in [0.29, 0.717) is 12.5 Å². The molecule has 0 saturated carbocycles. The number of nitrogens with two attached hydrogens (primary N) is 1. The molecule has 0 aliphatic carbocycles. The van der Waals surface area contributed by atoms with Crippen LogP contribution in [0.25, 0.3) is 0 Å². The summed E-state index contributed by atoms with van der Waals surface area (Å²) < 4.78 is 5.65. The minimum atomic E-state index is 0. The zero-order valence-electron chi connectivity index (χ0n) is 18.2. The van der Waals surface area contributed by atoms with Gasteiger partial charge >= 0.3 is 0 Å². The van der Waals surface area contributed by atoms with Gasteiger partial charge in [0.2, 0.25) is 0 Å². The van der Waals surface area contributed by atoms with Gasteiger partial charge in [0.05, 0.1) is 12.6 Å². The number of halogens is 1. The van der Waals surface area contributed by atoms with Gasteiger partial charge in [0.1, 0.15) is 5.75 Å². The van der Waals surface area contributed by atoms with Gasteiger partial charge in [-0.3, -0.25) is 4.90 Å². The lowest BCUT2D eigenvalue weighted by Crippen LogP contribution is -2.43. The van der Waals surface area contributed by atoms with Gasteiger partial charge in [-0.15, -0.1) is 24.0 Å². The van der Waals surface area contributed by atoms with Gasteiger partial charge < -0.3 is 20.7 Å². The van der Waals surface area contributed by atoms with Crippen molar-refractivity contribution in [2.45, 2.75) is 33.0 Å². The van der Waals surface area contributed by atoms with Crippen LogP contribution in [0.5, 0.6) is 5.75 Å². The van der Waals surface area contributed by atoms with Crippen LogP contribution in [0.2, 0.25) is 0 Å². The fourth-order valence-electron chi connectivity index (χ4n) is 3.27. The third-order valence-corrected chi connectivity index (χ3v) is 4.96. The average Bonchev–Trinajstić information content (AvgIpc) is 2.70. The normalized spacial score (nSPS) is 15.7. The number of nitrogens with one attached hydrogen (secondary N) is 1. The monoisotopic (exact) mass is 523 g/mol. The van der Waals surface area contributed by atoms with Gasteiger partial charge in [0.15, 0.2) is 5.96 Å². The van der Waals surface area contributed by atoms with Crippen LogP contribution in [0, 0.1) is 0 Å². The van der Waals surface area contributed by atoms with Gasteiger partial charge in [-0.2, -0.15) is 0 Å². The first-order chi connectivity index (χ1) is 14.0. The highest BCUT2D eigenvalue weighted by Gasteiger charge is 2.13. The summed E-state index contributed by atoms with van der Waals surface area (Å²) >= 11 is 0. The minimum Gasteiger partial charge on any atom is -0.491 e. The van der Waals surface area contributed by atoms with Gasteiger partial charge in [-0.05, 0) is 56.3 Å². The van der Waals surface area contributed by atoms with Crippen LogP contribution in [-0.2, 0) is 13.1 Å². The molecular formula is C23H34IN5O. The summed E-state index contributed by atoms with van der Waals surface area (Å²) in [7, 11) is 2.18. The molecule has 1 aliphatic heterocycles. The van der Waals surface area contributed by atoms with Crippen LogP contribution in [0.15, 0.2) is 53.5 Å². The second-order valence-corrected chi connectivity index (χ2v) is 7.91. The van der Waals surface area contributed by atoms with Crippen LogP contribution in [-0.4, -0.2) is 55.1 Å². The molecule has 0 spiro atoms. The van der Waals surface area contributed by atoms with Crippen LogP contribution in [0.4, 0.5) is 5.69 Å². The van der Waals surface area contributed by atoms with E-state index in [0.717, 1.165) is 49.7 Å². The Labute approximate surface area is 197 Å². The Morgan fingerprint density at radius 2 is 1.60 bits per heavy atom. The number of nitrogens with zero attached hydrogens (tertiary/aromatic N) is 3. The van der Waals surface area contributed by atoms with Crippen LogP contribution in [0.1, 0.15) is 25.0 Å². The minimum absolute atomic E-state index is 0. The van der Waals surface area contributed by atoms with Gasteiger partial charge in [0.25, 0.3) is 0 Å². The van der Waals surface area contributed by atoms with Crippen molar-refractivity contribution in [3.8, 4) is 5.75 Å². The highest BCUT2D eigenvalue weighted by molar-refractivity contribution is 14.0. The molecule has 1 heterocycles. The molecule has 0 radical (unpaired) electrons. The number of ether oxygens (including phenoxy) is 1. The number of piperazine rings is 1. The molecule has 1 fully saturated rings. The third kappa shape index (κ3) is 8.12. The molecule has 2 aromatic carbocycles.